The van der Waals surface area contributed by atoms with Gasteiger partial charge in [-0.05, 0) is 25.3 Å². The molecule has 1 atom stereocenters. The number of amides is 1. The lowest BCUT2D eigenvalue weighted by Crippen LogP contribution is -2.35. The summed E-state index contributed by atoms with van der Waals surface area (Å²) in [5.74, 6) is -0.411. The van der Waals surface area contributed by atoms with E-state index >= 15 is 0 Å². The zero-order valence-electron chi connectivity index (χ0n) is 9.97. The molecule has 90 valence electrons. The van der Waals surface area contributed by atoms with E-state index in [0.717, 1.165) is 22.5 Å². The van der Waals surface area contributed by atoms with E-state index in [1.165, 1.54) is 0 Å². The highest BCUT2D eigenvalue weighted by atomic mass is 16.1. The van der Waals surface area contributed by atoms with Crippen molar-refractivity contribution in [2.75, 3.05) is 7.05 Å². The van der Waals surface area contributed by atoms with E-state index in [1.807, 2.05) is 43.5 Å². The minimum absolute atomic E-state index is 0.0695. The summed E-state index contributed by atoms with van der Waals surface area (Å²) in [5, 5.41) is 3.14. The van der Waals surface area contributed by atoms with Crippen LogP contribution < -0.4 is 11.1 Å². The van der Waals surface area contributed by atoms with E-state index in [0.29, 0.717) is 5.57 Å². The number of fused-ring (bicyclic) bond motifs is 3. The fourth-order valence-electron chi connectivity index (χ4n) is 2.35. The molecule has 1 amide bonds. The summed E-state index contributed by atoms with van der Waals surface area (Å²) in [6.45, 7) is 0. The molecule has 0 aromatic heterocycles. The van der Waals surface area contributed by atoms with Crippen LogP contribution in [0.5, 0.6) is 0 Å². The van der Waals surface area contributed by atoms with Crippen molar-refractivity contribution in [3.8, 4) is 0 Å². The number of para-hydroxylation sites is 1. The molecule has 1 aliphatic heterocycles. The third-order valence-electron chi connectivity index (χ3n) is 3.25. The molecule has 1 aromatic rings. The molecule has 1 unspecified atom stereocenters. The number of primary amides is 1. The number of benzene rings is 1. The standard InChI is InChI=1S/C14H13N3O/c1-16-12-7-8(14(15)18)6-10-9-4-2-3-5-11(9)17-13(10)12/h2-7,12,16H,1H3,(H2,15,18). The number of nitrogens with zero attached hydrogens (tertiary/aromatic N) is 1. The molecule has 1 heterocycles. The van der Waals surface area contributed by atoms with Gasteiger partial charge in [-0.15, -0.1) is 0 Å². The monoisotopic (exact) mass is 239 g/mol. The van der Waals surface area contributed by atoms with Gasteiger partial charge in [-0.3, -0.25) is 9.79 Å². The molecule has 4 nitrogen and oxygen atoms in total. The average molecular weight is 239 g/mol. The minimum atomic E-state index is -0.411. The summed E-state index contributed by atoms with van der Waals surface area (Å²) < 4.78 is 0. The van der Waals surface area contributed by atoms with Crippen LogP contribution in [-0.4, -0.2) is 24.7 Å². The highest BCUT2D eigenvalue weighted by Crippen LogP contribution is 2.38. The van der Waals surface area contributed by atoms with Gasteiger partial charge in [-0.2, -0.15) is 0 Å². The largest absolute Gasteiger partial charge is 0.366 e. The second kappa shape index (κ2) is 3.92. The molecule has 0 saturated heterocycles. The van der Waals surface area contributed by atoms with Crippen LogP contribution in [0.3, 0.4) is 0 Å². The second-order valence-corrected chi connectivity index (χ2v) is 4.32. The van der Waals surface area contributed by atoms with Crippen molar-refractivity contribution in [2.24, 2.45) is 10.7 Å². The third kappa shape index (κ3) is 1.50. The van der Waals surface area contributed by atoms with Gasteiger partial charge in [-0.25, -0.2) is 0 Å². The van der Waals surface area contributed by atoms with Crippen molar-refractivity contribution >= 4 is 22.9 Å². The fraction of sp³-hybridized carbons (Fsp3) is 0.143. The summed E-state index contributed by atoms with van der Waals surface area (Å²) >= 11 is 0. The third-order valence-corrected chi connectivity index (χ3v) is 3.25. The maximum atomic E-state index is 11.4. The summed E-state index contributed by atoms with van der Waals surface area (Å²) in [7, 11) is 1.84. The average Bonchev–Trinajstić information content (AvgIpc) is 2.76. The number of likely N-dealkylation sites (N-methyl/N-ethyl adjacent to an activating group) is 1. The molecule has 3 rings (SSSR count). The second-order valence-electron chi connectivity index (χ2n) is 4.32. The summed E-state index contributed by atoms with van der Waals surface area (Å²) in [4.78, 5) is 16.0. The first-order valence-electron chi connectivity index (χ1n) is 5.79. The van der Waals surface area contributed by atoms with E-state index in [4.69, 9.17) is 5.73 Å². The Hall–Kier alpha value is -2.20. The maximum Gasteiger partial charge on any atom is 0.248 e. The van der Waals surface area contributed by atoms with Gasteiger partial charge >= 0.3 is 0 Å². The van der Waals surface area contributed by atoms with Gasteiger partial charge in [0.15, 0.2) is 0 Å². The van der Waals surface area contributed by atoms with Crippen molar-refractivity contribution in [3.05, 3.63) is 47.6 Å². The summed E-state index contributed by atoms with van der Waals surface area (Å²) in [6.07, 6.45) is 3.64. The smallest absolute Gasteiger partial charge is 0.248 e. The molecular formula is C14H13N3O. The lowest BCUT2D eigenvalue weighted by molar-refractivity contribution is -0.114. The van der Waals surface area contributed by atoms with Gasteiger partial charge in [-0.1, -0.05) is 18.2 Å². The number of rotatable bonds is 2. The van der Waals surface area contributed by atoms with Gasteiger partial charge in [0, 0.05) is 16.7 Å². The number of nitrogens with two attached hydrogens (primary N) is 1. The van der Waals surface area contributed by atoms with Crippen molar-refractivity contribution in [3.63, 3.8) is 0 Å². The van der Waals surface area contributed by atoms with Crippen molar-refractivity contribution < 1.29 is 4.79 Å². The highest BCUT2D eigenvalue weighted by molar-refractivity contribution is 6.33. The number of nitrogens with one attached hydrogen (secondary N) is 1. The first-order valence-corrected chi connectivity index (χ1v) is 5.79. The van der Waals surface area contributed by atoms with Crippen LogP contribution in [0.25, 0.3) is 5.57 Å². The lowest BCUT2D eigenvalue weighted by Gasteiger charge is -2.19. The van der Waals surface area contributed by atoms with Gasteiger partial charge in [0.1, 0.15) is 0 Å². The van der Waals surface area contributed by atoms with Crippen LogP contribution in [0, 0.1) is 0 Å². The van der Waals surface area contributed by atoms with Crippen LogP contribution in [-0.2, 0) is 4.79 Å². The quantitative estimate of drug-likeness (QED) is 0.813. The Morgan fingerprint density at radius 1 is 1.39 bits per heavy atom. The molecule has 0 fully saturated rings. The summed E-state index contributed by atoms with van der Waals surface area (Å²) in [6, 6.07) is 7.83. The predicted molar refractivity (Wildman–Crippen MR) is 71.6 cm³/mol. The molecule has 1 aromatic carbocycles. The molecule has 0 bridgehead atoms. The van der Waals surface area contributed by atoms with Crippen LogP contribution >= 0.6 is 0 Å². The first-order chi connectivity index (χ1) is 8.70. The summed E-state index contributed by atoms with van der Waals surface area (Å²) in [5.41, 5.74) is 9.83. The highest BCUT2D eigenvalue weighted by Gasteiger charge is 2.29. The normalized spacial score (nSPS) is 20.5. The minimum Gasteiger partial charge on any atom is -0.366 e. The van der Waals surface area contributed by atoms with Crippen molar-refractivity contribution in [1.82, 2.24) is 5.32 Å². The molecule has 18 heavy (non-hydrogen) atoms. The molecule has 2 aliphatic rings. The van der Waals surface area contributed by atoms with Gasteiger partial charge in [0.2, 0.25) is 5.91 Å². The maximum absolute atomic E-state index is 11.4. The molecular weight excluding hydrogens is 226 g/mol. The molecule has 4 heteroatoms. The number of aliphatic imine (C=N–C) groups is 1. The van der Waals surface area contributed by atoms with Crippen molar-refractivity contribution in [2.45, 2.75) is 6.04 Å². The van der Waals surface area contributed by atoms with E-state index < -0.39 is 5.91 Å². The number of hydrogen-bond acceptors (Lipinski definition) is 3. The zero-order chi connectivity index (χ0) is 12.7. The molecule has 1 aliphatic carbocycles. The van der Waals surface area contributed by atoms with Gasteiger partial charge in [0.25, 0.3) is 0 Å². The van der Waals surface area contributed by atoms with Crippen LogP contribution in [0.15, 0.2) is 47.0 Å². The zero-order valence-corrected chi connectivity index (χ0v) is 9.97. The Balaban J connectivity index is 2.17. The van der Waals surface area contributed by atoms with Crippen LogP contribution in [0.4, 0.5) is 5.69 Å². The van der Waals surface area contributed by atoms with E-state index in [-0.39, 0.29) is 6.04 Å². The lowest BCUT2D eigenvalue weighted by atomic mass is 9.90. The number of hydrogen-bond donors (Lipinski definition) is 2. The van der Waals surface area contributed by atoms with E-state index in [1.54, 1.807) is 0 Å². The van der Waals surface area contributed by atoms with Gasteiger partial charge < -0.3 is 11.1 Å². The van der Waals surface area contributed by atoms with Crippen LogP contribution in [0.2, 0.25) is 0 Å². The fourth-order valence-corrected chi connectivity index (χ4v) is 2.35. The van der Waals surface area contributed by atoms with Crippen molar-refractivity contribution in [1.29, 1.82) is 0 Å². The Morgan fingerprint density at radius 3 is 2.89 bits per heavy atom. The predicted octanol–water partition coefficient (Wildman–Crippen LogP) is 1.17. The Labute approximate surface area is 105 Å². The molecule has 0 radical (unpaired) electrons. The first kappa shape index (κ1) is 10.9. The van der Waals surface area contributed by atoms with Crippen LogP contribution in [0.1, 0.15) is 5.56 Å². The number of carbonyl (C=O) groups excluding carboxylic acids is 1. The van der Waals surface area contributed by atoms with E-state index in [9.17, 15) is 4.79 Å². The molecule has 0 spiro atoms. The Bertz CT molecular complexity index is 626. The topological polar surface area (TPSA) is 67.5 Å². The van der Waals surface area contributed by atoms with E-state index in [2.05, 4.69) is 10.3 Å². The molecule has 0 saturated carbocycles. The SMILES string of the molecule is CNC1C=C(C(N)=O)C=C2C1=Nc1ccccc12. The Kier molecular flexibility index (Phi) is 2.38. The van der Waals surface area contributed by atoms with Gasteiger partial charge in [0.05, 0.1) is 17.4 Å². The number of carbonyl (C=O) groups is 1. The molecule has 3 N–H and O–H groups in total. The Morgan fingerprint density at radius 2 is 2.17 bits per heavy atom.